The van der Waals surface area contributed by atoms with Gasteiger partial charge in [-0.15, -0.1) is 0 Å². The quantitative estimate of drug-likeness (QED) is 0.197. The third kappa shape index (κ3) is 4.21. The number of nitrogens with zero attached hydrogens (tertiary/aromatic N) is 4. The van der Waals surface area contributed by atoms with Gasteiger partial charge in [-0.05, 0) is 53.6 Å². The highest BCUT2D eigenvalue weighted by atomic mass is 16.3. The van der Waals surface area contributed by atoms with E-state index in [-0.39, 0.29) is 5.92 Å². The summed E-state index contributed by atoms with van der Waals surface area (Å²) >= 11 is 0. The molecule has 3 aromatic heterocycles. The van der Waals surface area contributed by atoms with Crippen LogP contribution in [0.2, 0.25) is 0 Å². The molecule has 3 heterocycles. The summed E-state index contributed by atoms with van der Waals surface area (Å²) in [6, 6.07) is 44.6. The van der Waals surface area contributed by atoms with Crippen molar-refractivity contribution in [2.45, 2.75) is 12.3 Å². The van der Waals surface area contributed by atoms with E-state index in [0.29, 0.717) is 11.6 Å². The van der Waals surface area contributed by atoms with Crippen LogP contribution in [0.1, 0.15) is 18.2 Å². The lowest BCUT2D eigenvalue weighted by molar-refractivity contribution is 0.668. The first-order valence-electron chi connectivity index (χ1n) is 16.3. The van der Waals surface area contributed by atoms with Crippen LogP contribution in [0, 0.1) is 0 Å². The first-order chi connectivity index (χ1) is 23.8. The largest absolute Gasteiger partial charge is 0.456 e. The molecule has 0 bridgehead atoms. The van der Waals surface area contributed by atoms with Crippen LogP contribution in [-0.4, -0.2) is 19.5 Å². The van der Waals surface area contributed by atoms with Gasteiger partial charge in [0.1, 0.15) is 17.0 Å². The van der Waals surface area contributed by atoms with Crippen LogP contribution in [-0.2, 0) is 0 Å². The minimum atomic E-state index is 0.103. The van der Waals surface area contributed by atoms with Gasteiger partial charge < -0.3 is 8.98 Å². The molecule has 5 nitrogen and oxygen atoms in total. The molecule has 0 amide bonds. The van der Waals surface area contributed by atoms with Crippen LogP contribution in [0.4, 0.5) is 0 Å². The average Bonchev–Trinajstić information content (AvgIpc) is 3.70. The molecule has 10 rings (SSSR count). The van der Waals surface area contributed by atoms with Crippen molar-refractivity contribution in [1.29, 1.82) is 0 Å². The third-order valence-corrected chi connectivity index (χ3v) is 9.53. The molecular formula is C43H28N4O. The number of para-hydroxylation sites is 1. The second-order valence-corrected chi connectivity index (χ2v) is 12.4. The summed E-state index contributed by atoms with van der Waals surface area (Å²) in [6.07, 6.45) is 9.32. The molecule has 226 valence electrons. The van der Waals surface area contributed by atoms with Crippen molar-refractivity contribution in [2.24, 2.45) is 0 Å². The maximum atomic E-state index is 6.60. The molecular weight excluding hydrogens is 589 g/mol. The Kier molecular flexibility index (Phi) is 5.93. The summed E-state index contributed by atoms with van der Waals surface area (Å²) in [6.45, 7) is 0. The Bertz CT molecular complexity index is 2770. The lowest BCUT2D eigenvalue weighted by Gasteiger charge is -2.14. The van der Waals surface area contributed by atoms with Gasteiger partial charge in [-0.1, -0.05) is 109 Å². The number of hydrogen-bond acceptors (Lipinski definition) is 4. The van der Waals surface area contributed by atoms with Crippen molar-refractivity contribution >= 4 is 54.5 Å². The molecule has 1 aliphatic carbocycles. The van der Waals surface area contributed by atoms with Gasteiger partial charge in [-0.2, -0.15) is 0 Å². The summed E-state index contributed by atoms with van der Waals surface area (Å²) in [5.74, 6) is 2.19. The molecule has 0 N–H and O–H groups in total. The zero-order valence-electron chi connectivity index (χ0n) is 25.9. The van der Waals surface area contributed by atoms with Crippen LogP contribution in [0.25, 0.3) is 83.0 Å². The first-order valence-corrected chi connectivity index (χ1v) is 16.3. The molecule has 5 heteroatoms. The van der Waals surface area contributed by atoms with Gasteiger partial charge in [0, 0.05) is 50.3 Å². The minimum absolute atomic E-state index is 0.103. The van der Waals surface area contributed by atoms with Crippen LogP contribution in [0.15, 0.2) is 156 Å². The highest BCUT2D eigenvalue weighted by Gasteiger charge is 2.19. The molecule has 0 fully saturated rings. The smallest absolute Gasteiger partial charge is 0.163 e. The van der Waals surface area contributed by atoms with Gasteiger partial charge in [-0.3, -0.25) is 0 Å². The van der Waals surface area contributed by atoms with Gasteiger partial charge in [0.25, 0.3) is 0 Å². The van der Waals surface area contributed by atoms with Crippen LogP contribution in [0.5, 0.6) is 0 Å². The zero-order valence-corrected chi connectivity index (χ0v) is 25.9. The van der Waals surface area contributed by atoms with Gasteiger partial charge in [0.15, 0.2) is 11.6 Å². The molecule has 0 saturated heterocycles. The molecule has 0 radical (unpaired) electrons. The third-order valence-electron chi connectivity index (χ3n) is 9.53. The number of benzene rings is 6. The normalized spacial score (nSPS) is 14.6. The molecule has 0 aliphatic heterocycles. The molecule has 9 aromatic rings. The van der Waals surface area contributed by atoms with Crippen LogP contribution >= 0.6 is 0 Å². The van der Waals surface area contributed by atoms with Crippen molar-refractivity contribution < 1.29 is 4.42 Å². The number of aromatic nitrogens is 4. The number of fused-ring (bicyclic) bond motifs is 8. The van der Waals surface area contributed by atoms with Crippen molar-refractivity contribution in [2.75, 3.05) is 0 Å². The van der Waals surface area contributed by atoms with Crippen molar-refractivity contribution in [1.82, 2.24) is 19.5 Å². The fourth-order valence-corrected chi connectivity index (χ4v) is 7.24. The average molecular weight is 617 g/mol. The summed E-state index contributed by atoms with van der Waals surface area (Å²) in [7, 11) is 0. The topological polar surface area (TPSA) is 56.7 Å². The summed E-state index contributed by atoms with van der Waals surface area (Å²) in [4.78, 5) is 14.8. The summed E-state index contributed by atoms with van der Waals surface area (Å²) in [5.41, 5.74) is 6.91. The molecule has 1 atom stereocenters. The van der Waals surface area contributed by atoms with Gasteiger partial charge in [0.05, 0.1) is 11.0 Å². The van der Waals surface area contributed by atoms with Crippen LogP contribution < -0.4 is 0 Å². The number of allylic oxidation sites excluding steroid dienone is 4. The Balaban J connectivity index is 1.12. The highest BCUT2D eigenvalue weighted by molar-refractivity contribution is 6.21. The van der Waals surface area contributed by atoms with Crippen molar-refractivity contribution in [3.05, 3.63) is 158 Å². The fraction of sp³-hybridized carbons (Fsp3) is 0.0465. The monoisotopic (exact) mass is 616 g/mol. The van der Waals surface area contributed by atoms with Crippen molar-refractivity contribution in [3.8, 4) is 28.5 Å². The summed E-state index contributed by atoms with van der Waals surface area (Å²) < 4.78 is 8.95. The van der Waals surface area contributed by atoms with E-state index in [2.05, 4.69) is 126 Å². The van der Waals surface area contributed by atoms with E-state index in [4.69, 9.17) is 19.4 Å². The molecule has 0 saturated carbocycles. The number of furan rings is 1. The zero-order chi connectivity index (χ0) is 31.6. The van der Waals surface area contributed by atoms with E-state index < -0.39 is 0 Å². The Morgan fingerprint density at radius 1 is 0.562 bits per heavy atom. The van der Waals surface area contributed by atoms with Crippen LogP contribution in [0.3, 0.4) is 0 Å². The summed E-state index contributed by atoms with van der Waals surface area (Å²) in [5, 5.41) is 7.15. The Labute approximate surface area is 276 Å². The highest BCUT2D eigenvalue weighted by Crippen LogP contribution is 2.39. The van der Waals surface area contributed by atoms with E-state index in [0.717, 1.165) is 51.0 Å². The Hall–Kier alpha value is -6.33. The lowest BCUT2D eigenvalue weighted by Crippen LogP contribution is -2.07. The molecule has 0 spiro atoms. The molecule has 6 aromatic carbocycles. The van der Waals surface area contributed by atoms with E-state index in [1.54, 1.807) is 0 Å². The molecule has 48 heavy (non-hydrogen) atoms. The number of hydrogen-bond donors (Lipinski definition) is 0. The van der Waals surface area contributed by atoms with E-state index >= 15 is 0 Å². The van der Waals surface area contributed by atoms with Gasteiger partial charge >= 0.3 is 0 Å². The lowest BCUT2D eigenvalue weighted by atomic mass is 10.00. The van der Waals surface area contributed by atoms with E-state index in [1.165, 1.54) is 32.6 Å². The second-order valence-electron chi connectivity index (χ2n) is 12.4. The first kappa shape index (κ1) is 26.8. The van der Waals surface area contributed by atoms with Crippen molar-refractivity contribution in [3.63, 3.8) is 0 Å². The Morgan fingerprint density at radius 3 is 2.17 bits per heavy atom. The van der Waals surface area contributed by atoms with E-state index in [9.17, 15) is 0 Å². The molecule has 1 unspecified atom stereocenters. The maximum absolute atomic E-state index is 6.60. The SMILES string of the molecule is C1=CCC(c2nc(-c3ccccc3)nc(-c3ccc4c(c3)oc3cc(-n5c6ccccc6c6c7ccccc7ccc65)ccc34)n2)C=C1. The van der Waals surface area contributed by atoms with Gasteiger partial charge in [-0.25, -0.2) is 15.0 Å². The fourth-order valence-electron chi connectivity index (χ4n) is 7.24. The minimum Gasteiger partial charge on any atom is -0.456 e. The maximum Gasteiger partial charge on any atom is 0.163 e. The Morgan fingerprint density at radius 2 is 1.31 bits per heavy atom. The standard InChI is InChI=1S/C43H28N4O/c1-3-12-28(13-4-1)41-44-42(29-14-5-2-6-15-29)46-43(45-41)30-19-22-33-34-23-21-31(26-39(34)48-38(33)25-30)47-36-18-10-9-17-35(36)40-32-16-8-7-11-27(32)20-24-37(40)47/h1-14,16-26,29H,15H2. The predicted octanol–water partition coefficient (Wildman–Crippen LogP) is 11.0. The predicted molar refractivity (Wildman–Crippen MR) is 195 cm³/mol. The van der Waals surface area contributed by atoms with E-state index in [1.807, 2.05) is 30.3 Å². The number of rotatable bonds is 4. The van der Waals surface area contributed by atoms with Gasteiger partial charge in [0.2, 0.25) is 0 Å². The molecule has 1 aliphatic rings. The second kappa shape index (κ2) is 10.6.